The SMILES string of the molecule is CCCC(C)C(O)c1ccc(OC)c(Br)c1OC. The van der Waals surface area contributed by atoms with Crippen LogP contribution in [0.3, 0.4) is 0 Å². The van der Waals surface area contributed by atoms with Crippen molar-refractivity contribution in [3.8, 4) is 11.5 Å². The Morgan fingerprint density at radius 2 is 1.94 bits per heavy atom. The average molecular weight is 317 g/mol. The minimum absolute atomic E-state index is 0.198. The predicted octanol–water partition coefficient (Wildman–Crippen LogP) is 3.94. The van der Waals surface area contributed by atoms with Crippen molar-refractivity contribution in [3.05, 3.63) is 22.2 Å². The number of benzene rings is 1. The van der Waals surface area contributed by atoms with Crippen LogP contribution in [0.25, 0.3) is 0 Å². The Morgan fingerprint density at radius 3 is 2.44 bits per heavy atom. The zero-order valence-corrected chi connectivity index (χ0v) is 13.0. The maximum Gasteiger partial charge on any atom is 0.142 e. The number of aliphatic hydroxyl groups excluding tert-OH is 1. The molecule has 0 fully saturated rings. The third-order valence-corrected chi connectivity index (χ3v) is 3.87. The molecule has 2 atom stereocenters. The minimum atomic E-state index is -0.526. The van der Waals surface area contributed by atoms with Gasteiger partial charge >= 0.3 is 0 Å². The molecule has 0 bridgehead atoms. The lowest BCUT2D eigenvalue weighted by Gasteiger charge is -2.22. The highest BCUT2D eigenvalue weighted by Gasteiger charge is 2.22. The van der Waals surface area contributed by atoms with Gasteiger partial charge in [-0.1, -0.05) is 20.3 Å². The first-order valence-electron chi connectivity index (χ1n) is 6.15. The summed E-state index contributed by atoms with van der Waals surface area (Å²) in [5.41, 5.74) is 0.797. The van der Waals surface area contributed by atoms with E-state index >= 15 is 0 Å². The number of methoxy groups -OCH3 is 2. The van der Waals surface area contributed by atoms with Gasteiger partial charge in [-0.2, -0.15) is 0 Å². The fourth-order valence-electron chi connectivity index (χ4n) is 2.07. The van der Waals surface area contributed by atoms with E-state index in [1.807, 2.05) is 19.1 Å². The topological polar surface area (TPSA) is 38.7 Å². The maximum absolute atomic E-state index is 10.4. The monoisotopic (exact) mass is 316 g/mol. The summed E-state index contributed by atoms with van der Waals surface area (Å²) in [5.74, 6) is 1.54. The molecular formula is C14H21BrO3. The van der Waals surface area contributed by atoms with Crippen LogP contribution in [0.5, 0.6) is 11.5 Å². The van der Waals surface area contributed by atoms with Crippen LogP contribution in [0.1, 0.15) is 38.4 Å². The van der Waals surface area contributed by atoms with Crippen LogP contribution in [-0.4, -0.2) is 19.3 Å². The summed E-state index contributed by atoms with van der Waals surface area (Å²) in [6.07, 6.45) is 1.51. The summed E-state index contributed by atoms with van der Waals surface area (Å²) < 4.78 is 11.3. The first-order chi connectivity index (χ1) is 8.56. The second-order valence-electron chi connectivity index (χ2n) is 4.42. The lowest BCUT2D eigenvalue weighted by Crippen LogP contribution is -2.10. The summed E-state index contributed by atoms with van der Waals surface area (Å²) in [5, 5.41) is 10.4. The summed E-state index contributed by atoms with van der Waals surface area (Å²) in [6, 6.07) is 3.70. The van der Waals surface area contributed by atoms with Gasteiger partial charge in [-0.3, -0.25) is 0 Å². The summed E-state index contributed by atoms with van der Waals surface area (Å²) in [7, 11) is 3.20. The fourth-order valence-corrected chi connectivity index (χ4v) is 2.76. The number of hydrogen-bond donors (Lipinski definition) is 1. The van der Waals surface area contributed by atoms with E-state index in [2.05, 4.69) is 22.9 Å². The third kappa shape index (κ3) is 3.18. The van der Waals surface area contributed by atoms with E-state index in [0.29, 0.717) is 11.5 Å². The van der Waals surface area contributed by atoms with Gasteiger partial charge in [0.1, 0.15) is 16.0 Å². The standard InChI is InChI=1S/C14H21BrO3/c1-5-6-9(2)13(16)10-7-8-11(17-3)12(15)14(10)18-4/h7-9,13,16H,5-6H2,1-4H3. The van der Waals surface area contributed by atoms with E-state index in [-0.39, 0.29) is 5.92 Å². The van der Waals surface area contributed by atoms with E-state index in [9.17, 15) is 5.11 Å². The van der Waals surface area contributed by atoms with Crippen molar-refractivity contribution in [3.63, 3.8) is 0 Å². The molecule has 0 aliphatic heterocycles. The van der Waals surface area contributed by atoms with Crippen molar-refractivity contribution in [2.45, 2.75) is 32.8 Å². The molecule has 0 saturated heterocycles. The van der Waals surface area contributed by atoms with Crippen molar-refractivity contribution in [1.29, 1.82) is 0 Å². The molecule has 3 nitrogen and oxygen atoms in total. The van der Waals surface area contributed by atoms with Gasteiger partial charge in [-0.25, -0.2) is 0 Å². The number of hydrogen-bond acceptors (Lipinski definition) is 3. The molecule has 102 valence electrons. The van der Waals surface area contributed by atoms with Gasteiger partial charge in [0.2, 0.25) is 0 Å². The first kappa shape index (κ1) is 15.3. The molecule has 0 radical (unpaired) electrons. The van der Waals surface area contributed by atoms with Crippen molar-refractivity contribution in [1.82, 2.24) is 0 Å². The molecular weight excluding hydrogens is 296 g/mol. The average Bonchev–Trinajstić information content (AvgIpc) is 2.37. The van der Waals surface area contributed by atoms with Crippen LogP contribution < -0.4 is 9.47 Å². The van der Waals surface area contributed by atoms with Crippen molar-refractivity contribution in [2.24, 2.45) is 5.92 Å². The Labute approximate surface area is 117 Å². The highest BCUT2D eigenvalue weighted by atomic mass is 79.9. The quantitative estimate of drug-likeness (QED) is 0.864. The van der Waals surface area contributed by atoms with Crippen LogP contribution in [0.4, 0.5) is 0 Å². The molecule has 0 saturated carbocycles. The molecule has 0 heterocycles. The number of rotatable bonds is 6. The maximum atomic E-state index is 10.4. The highest BCUT2D eigenvalue weighted by Crippen LogP contribution is 2.41. The summed E-state index contributed by atoms with van der Waals surface area (Å²) >= 11 is 3.45. The van der Waals surface area contributed by atoms with E-state index in [1.54, 1.807) is 14.2 Å². The smallest absolute Gasteiger partial charge is 0.142 e. The van der Waals surface area contributed by atoms with Gasteiger partial charge in [0.15, 0.2) is 0 Å². The highest BCUT2D eigenvalue weighted by molar-refractivity contribution is 9.10. The van der Waals surface area contributed by atoms with Gasteiger partial charge in [-0.05, 0) is 40.4 Å². The van der Waals surface area contributed by atoms with E-state index < -0.39 is 6.10 Å². The second-order valence-corrected chi connectivity index (χ2v) is 5.21. The second kappa shape index (κ2) is 7.00. The molecule has 1 aromatic rings. The number of aliphatic hydroxyl groups is 1. The summed E-state index contributed by atoms with van der Waals surface area (Å²) in [4.78, 5) is 0. The third-order valence-electron chi connectivity index (χ3n) is 3.12. The molecule has 1 N–H and O–H groups in total. The Bertz CT molecular complexity index is 393. The lowest BCUT2D eigenvalue weighted by atomic mass is 9.93. The molecule has 2 unspecified atom stereocenters. The molecule has 0 amide bonds. The van der Waals surface area contributed by atoms with E-state index in [1.165, 1.54) is 0 Å². The lowest BCUT2D eigenvalue weighted by molar-refractivity contribution is 0.109. The fraction of sp³-hybridized carbons (Fsp3) is 0.571. The molecule has 1 aromatic carbocycles. The Kier molecular flexibility index (Phi) is 5.96. The Hall–Kier alpha value is -0.740. The van der Waals surface area contributed by atoms with Gasteiger partial charge < -0.3 is 14.6 Å². The predicted molar refractivity (Wildman–Crippen MR) is 76.3 cm³/mol. The van der Waals surface area contributed by atoms with Crippen LogP contribution >= 0.6 is 15.9 Å². The van der Waals surface area contributed by atoms with Crippen LogP contribution in [-0.2, 0) is 0 Å². The van der Waals surface area contributed by atoms with Crippen LogP contribution in [0.15, 0.2) is 16.6 Å². The van der Waals surface area contributed by atoms with Gasteiger partial charge in [0, 0.05) is 5.56 Å². The van der Waals surface area contributed by atoms with Crippen molar-refractivity contribution < 1.29 is 14.6 Å². The van der Waals surface area contributed by atoms with E-state index in [4.69, 9.17) is 9.47 Å². The zero-order valence-electron chi connectivity index (χ0n) is 11.4. The van der Waals surface area contributed by atoms with Crippen molar-refractivity contribution in [2.75, 3.05) is 14.2 Å². The number of ether oxygens (including phenoxy) is 2. The van der Waals surface area contributed by atoms with E-state index in [0.717, 1.165) is 22.9 Å². The molecule has 4 heteroatoms. The zero-order chi connectivity index (χ0) is 13.7. The molecule has 0 aliphatic rings. The number of halogens is 1. The molecule has 0 aromatic heterocycles. The Balaban J connectivity index is 3.12. The normalized spacial score (nSPS) is 14.1. The largest absolute Gasteiger partial charge is 0.495 e. The minimum Gasteiger partial charge on any atom is -0.495 e. The molecule has 18 heavy (non-hydrogen) atoms. The Morgan fingerprint density at radius 1 is 1.28 bits per heavy atom. The van der Waals surface area contributed by atoms with Gasteiger partial charge in [-0.15, -0.1) is 0 Å². The first-order valence-corrected chi connectivity index (χ1v) is 6.94. The van der Waals surface area contributed by atoms with Crippen LogP contribution in [0, 0.1) is 5.92 Å². The van der Waals surface area contributed by atoms with Gasteiger partial charge in [0.25, 0.3) is 0 Å². The van der Waals surface area contributed by atoms with Crippen molar-refractivity contribution >= 4 is 15.9 Å². The molecule has 0 spiro atoms. The van der Waals surface area contributed by atoms with Crippen LogP contribution in [0.2, 0.25) is 0 Å². The molecule has 0 aliphatic carbocycles. The molecule has 1 rings (SSSR count). The van der Waals surface area contributed by atoms with Gasteiger partial charge in [0.05, 0.1) is 20.3 Å². The summed E-state index contributed by atoms with van der Waals surface area (Å²) in [6.45, 7) is 4.16.